The van der Waals surface area contributed by atoms with Gasteiger partial charge in [0.05, 0.1) is 25.4 Å². The van der Waals surface area contributed by atoms with Crippen LogP contribution in [-0.4, -0.2) is 68.5 Å². The van der Waals surface area contributed by atoms with Crippen LogP contribution in [0.25, 0.3) is 0 Å². The monoisotopic (exact) mass is 340 g/mol. The largest absolute Gasteiger partial charge is 0.461 e. The van der Waals surface area contributed by atoms with Crippen LogP contribution >= 0.6 is 0 Å². The van der Waals surface area contributed by atoms with Crippen LogP contribution in [0.15, 0.2) is 0 Å². The Labute approximate surface area is 143 Å². The molecule has 1 aromatic heterocycles. The topological polar surface area (TPSA) is 70.0 Å². The van der Waals surface area contributed by atoms with Crippen molar-refractivity contribution in [2.75, 3.05) is 47.1 Å². The van der Waals surface area contributed by atoms with E-state index in [2.05, 4.69) is 0 Å². The quantitative estimate of drug-likeness (QED) is 0.638. The first-order valence-corrected chi connectivity index (χ1v) is 8.00. The van der Waals surface area contributed by atoms with Crippen LogP contribution in [-0.2, 0) is 21.3 Å². The maximum atomic E-state index is 13.0. The van der Waals surface area contributed by atoms with E-state index in [1.54, 1.807) is 44.6 Å². The maximum absolute atomic E-state index is 13.0. The number of esters is 1. The van der Waals surface area contributed by atoms with Crippen molar-refractivity contribution in [1.82, 2.24) is 9.47 Å². The highest BCUT2D eigenvalue weighted by Gasteiger charge is 2.28. The lowest BCUT2D eigenvalue weighted by atomic mass is 10.1. The lowest BCUT2D eigenvalue weighted by molar-refractivity contribution is 0.0514. The van der Waals surface area contributed by atoms with Gasteiger partial charge in [0.1, 0.15) is 5.69 Å². The minimum Gasteiger partial charge on any atom is -0.461 e. The number of amides is 1. The highest BCUT2D eigenvalue weighted by atomic mass is 16.5. The van der Waals surface area contributed by atoms with E-state index in [4.69, 9.17) is 14.2 Å². The van der Waals surface area contributed by atoms with E-state index < -0.39 is 5.97 Å². The van der Waals surface area contributed by atoms with Crippen LogP contribution in [0.1, 0.15) is 39.0 Å². The van der Waals surface area contributed by atoms with E-state index >= 15 is 0 Å². The summed E-state index contributed by atoms with van der Waals surface area (Å²) in [5.74, 6) is -0.551. The van der Waals surface area contributed by atoms with Crippen LogP contribution in [0.2, 0.25) is 0 Å². The van der Waals surface area contributed by atoms with E-state index in [-0.39, 0.29) is 5.91 Å². The number of rotatable bonds is 9. The second-order valence-electron chi connectivity index (χ2n) is 5.49. The van der Waals surface area contributed by atoms with Gasteiger partial charge >= 0.3 is 5.97 Å². The second-order valence-corrected chi connectivity index (χ2v) is 5.49. The number of aromatic nitrogens is 1. The minimum absolute atomic E-state index is 0.134. The van der Waals surface area contributed by atoms with Crippen molar-refractivity contribution >= 4 is 11.9 Å². The van der Waals surface area contributed by atoms with E-state index in [0.717, 1.165) is 5.69 Å². The molecule has 0 atom stereocenters. The Morgan fingerprint density at radius 2 is 1.62 bits per heavy atom. The summed E-state index contributed by atoms with van der Waals surface area (Å²) in [6, 6.07) is 0. The van der Waals surface area contributed by atoms with Crippen LogP contribution in [0.4, 0.5) is 0 Å². The third kappa shape index (κ3) is 4.36. The number of nitrogens with zero attached hydrogens (tertiary/aromatic N) is 2. The van der Waals surface area contributed by atoms with Gasteiger partial charge in [-0.3, -0.25) is 4.79 Å². The van der Waals surface area contributed by atoms with Crippen molar-refractivity contribution in [2.24, 2.45) is 7.05 Å². The third-order valence-electron chi connectivity index (χ3n) is 4.03. The maximum Gasteiger partial charge on any atom is 0.355 e. The molecule has 7 nitrogen and oxygen atoms in total. The molecule has 7 heteroatoms. The van der Waals surface area contributed by atoms with Gasteiger partial charge in [0.2, 0.25) is 0 Å². The zero-order chi connectivity index (χ0) is 18.3. The van der Waals surface area contributed by atoms with Gasteiger partial charge in [0.25, 0.3) is 5.91 Å². The molecule has 0 aliphatic rings. The summed E-state index contributed by atoms with van der Waals surface area (Å²) in [5.41, 5.74) is 2.32. The van der Waals surface area contributed by atoms with Gasteiger partial charge in [-0.05, 0) is 26.3 Å². The Kier molecular flexibility index (Phi) is 7.94. The van der Waals surface area contributed by atoms with Gasteiger partial charge in [-0.2, -0.15) is 0 Å². The summed E-state index contributed by atoms with van der Waals surface area (Å²) in [6.07, 6.45) is 0. The number of hydrogen-bond acceptors (Lipinski definition) is 5. The lowest BCUT2D eigenvalue weighted by Crippen LogP contribution is -2.37. The molecule has 0 spiro atoms. The van der Waals surface area contributed by atoms with Crippen molar-refractivity contribution in [2.45, 2.75) is 20.8 Å². The Hall–Kier alpha value is -1.86. The Bertz CT molecular complexity index is 572. The molecule has 136 valence electrons. The molecule has 1 rings (SSSR count). The highest BCUT2D eigenvalue weighted by molar-refractivity contribution is 6.01. The minimum atomic E-state index is -0.417. The van der Waals surface area contributed by atoms with Crippen molar-refractivity contribution < 1.29 is 23.8 Å². The predicted octanol–water partition coefficient (Wildman–Crippen LogP) is 1.55. The molecule has 1 amide bonds. The number of carbonyl (C=O) groups excluding carboxylic acids is 2. The molecule has 0 aromatic carbocycles. The lowest BCUT2D eigenvalue weighted by Gasteiger charge is -2.22. The molecule has 0 N–H and O–H groups in total. The first-order valence-electron chi connectivity index (χ1n) is 8.00. The first kappa shape index (κ1) is 20.2. The van der Waals surface area contributed by atoms with Gasteiger partial charge in [0, 0.05) is 40.1 Å². The van der Waals surface area contributed by atoms with E-state index in [0.29, 0.717) is 49.7 Å². The molecule has 1 aromatic rings. The number of carbonyl (C=O) groups is 2. The molecule has 0 unspecified atom stereocenters. The van der Waals surface area contributed by atoms with E-state index in [9.17, 15) is 9.59 Å². The molecule has 0 saturated heterocycles. The first-order chi connectivity index (χ1) is 11.4. The van der Waals surface area contributed by atoms with Gasteiger partial charge in [-0.15, -0.1) is 0 Å². The molecular formula is C17H28N2O5. The zero-order valence-electron chi connectivity index (χ0n) is 15.5. The Balaban J connectivity index is 3.20. The molecule has 24 heavy (non-hydrogen) atoms. The van der Waals surface area contributed by atoms with Gasteiger partial charge in [-0.25, -0.2) is 4.79 Å². The number of methoxy groups -OCH3 is 2. The standard InChI is InChI=1S/C17H28N2O5/c1-7-24-17(21)15-12(2)14(13(3)18(15)4)16(20)19(8-10-22-5)9-11-23-6/h7-11H2,1-6H3. The molecule has 1 heterocycles. The zero-order valence-corrected chi connectivity index (χ0v) is 15.5. The molecule has 0 aliphatic heterocycles. The Morgan fingerprint density at radius 3 is 2.08 bits per heavy atom. The predicted molar refractivity (Wildman–Crippen MR) is 90.5 cm³/mol. The van der Waals surface area contributed by atoms with E-state index in [1.165, 1.54) is 0 Å². The van der Waals surface area contributed by atoms with Crippen molar-refractivity contribution in [3.8, 4) is 0 Å². The van der Waals surface area contributed by atoms with Crippen molar-refractivity contribution in [3.05, 3.63) is 22.5 Å². The van der Waals surface area contributed by atoms with Crippen LogP contribution in [0.3, 0.4) is 0 Å². The average Bonchev–Trinajstić information content (AvgIpc) is 2.77. The molecule has 0 aliphatic carbocycles. The van der Waals surface area contributed by atoms with Gasteiger partial charge in [-0.1, -0.05) is 0 Å². The van der Waals surface area contributed by atoms with Crippen LogP contribution in [0, 0.1) is 13.8 Å². The molecular weight excluding hydrogens is 312 g/mol. The second kappa shape index (κ2) is 9.44. The van der Waals surface area contributed by atoms with Crippen LogP contribution < -0.4 is 0 Å². The summed E-state index contributed by atoms with van der Waals surface area (Å²) in [7, 11) is 4.95. The summed E-state index contributed by atoms with van der Waals surface area (Å²) in [5, 5.41) is 0. The Morgan fingerprint density at radius 1 is 1.08 bits per heavy atom. The van der Waals surface area contributed by atoms with Gasteiger partial charge < -0.3 is 23.7 Å². The van der Waals surface area contributed by atoms with Crippen molar-refractivity contribution in [3.63, 3.8) is 0 Å². The summed E-state index contributed by atoms with van der Waals surface area (Å²) in [4.78, 5) is 26.9. The normalized spacial score (nSPS) is 10.8. The van der Waals surface area contributed by atoms with E-state index in [1.807, 2.05) is 6.92 Å². The average molecular weight is 340 g/mol. The SMILES string of the molecule is CCOC(=O)c1c(C)c(C(=O)N(CCOC)CCOC)c(C)n1C. The summed E-state index contributed by atoms with van der Waals surface area (Å²) in [6.45, 7) is 7.44. The van der Waals surface area contributed by atoms with Crippen LogP contribution in [0.5, 0.6) is 0 Å². The number of hydrogen-bond donors (Lipinski definition) is 0. The van der Waals surface area contributed by atoms with Crippen molar-refractivity contribution in [1.29, 1.82) is 0 Å². The summed E-state index contributed by atoms with van der Waals surface area (Å²) < 4.78 is 17.0. The fraction of sp³-hybridized carbons (Fsp3) is 0.647. The fourth-order valence-corrected chi connectivity index (χ4v) is 2.66. The molecule has 0 fully saturated rings. The molecule has 0 saturated carbocycles. The van der Waals surface area contributed by atoms with Gasteiger partial charge in [0.15, 0.2) is 0 Å². The third-order valence-corrected chi connectivity index (χ3v) is 4.03. The molecule has 0 radical (unpaired) electrons. The highest BCUT2D eigenvalue weighted by Crippen LogP contribution is 2.23. The number of ether oxygens (including phenoxy) is 3. The molecule has 0 bridgehead atoms. The summed E-state index contributed by atoms with van der Waals surface area (Å²) >= 11 is 0. The smallest absolute Gasteiger partial charge is 0.355 e. The fourth-order valence-electron chi connectivity index (χ4n) is 2.66.